The Hall–Kier alpha value is -1.75. The maximum atomic E-state index is 11.3. The second kappa shape index (κ2) is 3.78. The highest BCUT2D eigenvalue weighted by molar-refractivity contribution is 7.19. The molecule has 2 N–H and O–H groups in total. The Balaban J connectivity index is 2.58. The fourth-order valence-corrected chi connectivity index (χ4v) is 2.14. The van der Waals surface area contributed by atoms with Gasteiger partial charge in [-0.15, -0.1) is 0 Å². The molecule has 0 saturated carbocycles. The lowest BCUT2D eigenvalue weighted by Gasteiger charge is -1.97. The van der Waals surface area contributed by atoms with Crippen molar-refractivity contribution in [1.29, 1.82) is 0 Å². The SMILES string of the molecule is CC(=O)c1nc(N)sc1-c1cccnc1. The minimum Gasteiger partial charge on any atom is -0.375 e. The van der Waals surface area contributed by atoms with E-state index in [0.29, 0.717) is 10.8 Å². The molecule has 0 amide bonds. The molecule has 0 aliphatic heterocycles. The van der Waals surface area contributed by atoms with Crippen LogP contribution in [0.15, 0.2) is 24.5 Å². The minimum absolute atomic E-state index is 0.0817. The van der Waals surface area contributed by atoms with Crippen molar-refractivity contribution < 1.29 is 4.79 Å². The number of rotatable bonds is 2. The van der Waals surface area contributed by atoms with Crippen molar-refractivity contribution in [3.8, 4) is 10.4 Å². The summed E-state index contributed by atoms with van der Waals surface area (Å²) in [5.74, 6) is -0.0817. The molecule has 4 nitrogen and oxygen atoms in total. The molecule has 0 spiro atoms. The van der Waals surface area contributed by atoms with Gasteiger partial charge in [-0.3, -0.25) is 9.78 Å². The molecule has 0 saturated heterocycles. The van der Waals surface area contributed by atoms with Crippen LogP contribution < -0.4 is 5.73 Å². The molecule has 0 aliphatic carbocycles. The molecule has 5 heteroatoms. The second-order valence-electron chi connectivity index (χ2n) is 3.03. The molecule has 0 unspecified atom stereocenters. The van der Waals surface area contributed by atoms with Crippen LogP contribution in [0.4, 0.5) is 5.13 Å². The van der Waals surface area contributed by atoms with E-state index >= 15 is 0 Å². The molecule has 76 valence electrons. The predicted molar refractivity (Wildman–Crippen MR) is 59.8 cm³/mol. The van der Waals surface area contributed by atoms with E-state index in [1.54, 1.807) is 12.4 Å². The lowest BCUT2D eigenvalue weighted by Crippen LogP contribution is -1.95. The summed E-state index contributed by atoms with van der Waals surface area (Å²) >= 11 is 1.30. The van der Waals surface area contributed by atoms with Gasteiger partial charge in [-0.1, -0.05) is 17.4 Å². The van der Waals surface area contributed by atoms with Gasteiger partial charge in [0.15, 0.2) is 10.9 Å². The van der Waals surface area contributed by atoms with E-state index in [1.807, 2.05) is 12.1 Å². The summed E-state index contributed by atoms with van der Waals surface area (Å²) in [5.41, 5.74) is 6.88. The number of aromatic nitrogens is 2. The number of ketones is 1. The van der Waals surface area contributed by atoms with E-state index in [-0.39, 0.29) is 5.78 Å². The number of thiazole rings is 1. The second-order valence-corrected chi connectivity index (χ2v) is 4.06. The number of pyridine rings is 1. The number of anilines is 1. The quantitative estimate of drug-likeness (QED) is 0.784. The van der Waals surface area contributed by atoms with Crippen LogP contribution in [0.1, 0.15) is 17.4 Å². The lowest BCUT2D eigenvalue weighted by atomic mass is 10.2. The summed E-state index contributed by atoms with van der Waals surface area (Å²) in [7, 11) is 0. The zero-order chi connectivity index (χ0) is 10.8. The Morgan fingerprint density at radius 2 is 2.33 bits per heavy atom. The number of Topliss-reactive ketones (excluding diaryl/α,β-unsaturated/α-hetero) is 1. The molecule has 0 atom stereocenters. The molecule has 2 aromatic heterocycles. The third-order valence-electron chi connectivity index (χ3n) is 1.90. The molecule has 2 heterocycles. The molecule has 15 heavy (non-hydrogen) atoms. The highest BCUT2D eigenvalue weighted by Gasteiger charge is 2.14. The largest absolute Gasteiger partial charge is 0.375 e. The van der Waals surface area contributed by atoms with E-state index in [1.165, 1.54) is 18.3 Å². The molecule has 0 aliphatic rings. The lowest BCUT2D eigenvalue weighted by molar-refractivity contribution is 0.101. The van der Waals surface area contributed by atoms with Gasteiger partial charge in [0, 0.05) is 24.9 Å². The minimum atomic E-state index is -0.0817. The molecule has 0 bridgehead atoms. The van der Waals surface area contributed by atoms with E-state index < -0.39 is 0 Å². The van der Waals surface area contributed by atoms with Crippen LogP contribution >= 0.6 is 11.3 Å². The molecule has 0 aromatic carbocycles. The summed E-state index contributed by atoms with van der Waals surface area (Å²) in [6.45, 7) is 1.48. The topological polar surface area (TPSA) is 68.9 Å². The fourth-order valence-electron chi connectivity index (χ4n) is 1.27. The summed E-state index contributed by atoms with van der Waals surface area (Å²) in [6.07, 6.45) is 3.38. The van der Waals surface area contributed by atoms with Crippen LogP contribution in [-0.2, 0) is 0 Å². The molecule has 2 aromatic rings. The number of nitrogens with zero attached hydrogens (tertiary/aromatic N) is 2. The zero-order valence-corrected chi connectivity index (χ0v) is 8.91. The van der Waals surface area contributed by atoms with Crippen LogP contribution in [0.5, 0.6) is 0 Å². The maximum Gasteiger partial charge on any atom is 0.181 e. The maximum absolute atomic E-state index is 11.3. The monoisotopic (exact) mass is 219 g/mol. The molecule has 0 radical (unpaired) electrons. The van der Waals surface area contributed by atoms with E-state index in [2.05, 4.69) is 9.97 Å². The Labute approximate surface area is 90.8 Å². The van der Waals surface area contributed by atoms with Crippen molar-refractivity contribution >= 4 is 22.3 Å². The van der Waals surface area contributed by atoms with Gasteiger partial charge in [-0.25, -0.2) is 4.98 Å². The van der Waals surface area contributed by atoms with Crippen molar-refractivity contribution in [2.75, 3.05) is 5.73 Å². The Morgan fingerprint density at radius 3 is 2.93 bits per heavy atom. The van der Waals surface area contributed by atoms with Crippen LogP contribution in [0.2, 0.25) is 0 Å². The number of carbonyl (C=O) groups is 1. The first-order chi connectivity index (χ1) is 7.18. The smallest absolute Gasteiger partial charge is 0.181 e. The van der Waals surface area contributed by atoms with Gasteiger partial charge >= 0.3 is 0 Å². The van der Waals surface area contributed by atoms with E-state index in [9.17, 15) is 4.79 Å². The summed E-state index contributed by atoms with van der Waals surface area (Å²) in [6, 6.07) is 3.70. The zero-order valence-electron chi connectivity index (χ0n) is 8.10. The average molecular weight is 219 g/mol. The first-order valence-corrected chi connectivity index (χ1v) is 5.18. The molecular weight excluding hydrogens is 210 g/mol. The van der Waals surface area contributed by atoms with Crippen LogP contribution in [0.3, 0.4) is 0 Å². The number of hydrogen-bond donors (Lipinski definition) is 1. The van der Waals surface area contributed by atoms with Crippen molar-refractivity contribution in [1.82, 2.24) is 9.97 Å². The van der Waals surface area contributed by atoms with Crippen LogP contribution in [-0.4, -0.2) is 15.8 Å². The van der Waals surface area contributed by atoms with Crippen molar-refractivity contribution in [3.63, 3.8) is 0 Å². The number of nitrogens with two attached hydrogens (primary N) is 1. The molecular formula is C10H9N3OS. The summed E-state index contributed by atoms with van der Waals surface area (Å²) in [5, 5.41) is 0.402. The Morgan fingerprint density at radius 1 is 1.53 bits per heavy atom. The van der Waals surface area contributed by atoms with Gasteiger partial charge < -0.3 is 5.73 Å². The predicted octanol–water partition coefficient (Wildman–Crippen LogP) is 1.99. The summed E-state index contributed by atoms with van der Waals surface area (Å²) < 4.78 is 0. The van der Waals surface area contributed by atoms with Crippen molar-refractivity contribution in [2.45, 2.75) is 6.92 Å². The van der Waals surface area contributed by atoms with Crippen LogP contribution in [0, 0.1) is 0 Å². The van der Waals surface area contributed by atoms with E-state index in [0.717, 1.165) is 10.4 Å². The van der Waals surface area contributed by atoms with Gasteiger partial charge in [0.25, 0.3) is 0 Å². The van der Waals surface area contributed by atoms with Gasteiger partial charge in [-0.2, -0.15) is 0 Å². The fraction of sp³-hybridized carbons (Fsp3) is 0.100. The van der Waals surface area contributed by atoms with Crippen molar-refractivity contribution in [2.24, 2.45) is 0 Å². The van der Waals surface area contributed by atoms with Gasteiger partial charge in [0.05, 0.1) is 4.88 Å². The highest BCUT2D eigenvalue weighted by Crippen LogP contribution is 2.31. The van der Waals surface area contributed by atoms with Crippen molar-refractivity contribution in [3.05, 3.63) is 30.2 Å². The van der Waals surface area contributed by atoms with Gasteiger partial charge in [-0.05, 0) is 6.07 Å². The number of hydrogen-bond acceptors (Lipinski definition) is 5. The number of nitrogen functional groups attached to an aromatic ring is 1. The third-order valence-corrected chi connectivity index (χ3v) is 2.83. The highest BCUT2D eigenvalue weighted by atomic mass is 32.1. The summed E-state index contributed by atoms with van der Waals surface area (Å²) in [4.78, 5) is 20.1. The first kappa shape index (κ1) is 9.79. The molecule has 0 fully saturated rings. The van der Waals surface area contributed by atoms with E-state index in [4.69, 9.17) is 5.73 Å². The average Bonchev–Trinajstić information content (AvgIpc) is 2.62. The van der Waals surface area contributed by atoms with Gasteiger partial charge in [0.1, 0.15) is 5.69 Å². The molecule has 2 rings (SSSR count). The third kappa shape index (κ3) is 1.87. The Kier molecular flexibility index (Phi) is 2.47. The Bertz CT molecular complexity index is 493. The number of carbonyl (C=O) groups excluding carboxylic acids is 1. The van der Waals surface area contributed by atoms with Crippen LogP contribution in [0.25, 0.3) is 10.4 Å². The standard InChI is InChI=1S/C10H9N3OS/c1-6(14)8-9(15-10(11)13-8)7-3-2-4-12-5-7/h2-5H,1H3,(H2,11,13). The van der Waals surface area contributed by atoms with Gasteiger partial charge in [0.2, 0.25) is 0 Å². The normalized spacial score (nSPS) is 10.2. The first-order valence-electron chi connectivity index (χ1n) is 4.36.